The predicted molar refractivity (Wildman–Crippen MR) is 217 cm³/mol. The van der Waals surface area contributed by atoms with Gasteiger partial charge >= 0.3 is 17.9 Å². The second-order valence-corrected chi connectivity index (χ2v) is 15.7. The molecule has 0 aliphatic heterocycles. The first-order valence-electron chi connectivity index (χ1n) is 21.5. The number of rotatable bonds is 39. The maximum absolute atomic E-state index is 12.7. The van der Waals surface area contributed by atoms with Crippen LogP contribution in [0.4, 0.5) is 0 Å². The SMILES string of the molecule is CCCCCCC/C=C\C/C=C\CCCCCCCCCCCCCC(=O)OC(COC(=O)CCCCCCC)COC(OCC[N+](C)(C)C)C(=O)O. The molecule has 0 heterocycles. The number of quaternary nitrogens is 1. The van der Waals surface area contributed by atoms with Crippen molar-refractivity contribution >= 4 is 17.9 Å². The number of hydrogen-bond acceptors (Lipinski definition) is 7. The van der Waals surface area contributed by atoms with E-state index in [2.05, 4.69) is 38.2 Å². The van der Waals surface area contributed by atoms with Gasteiger partial charge in [0.15, 0.2) is 6.10 Å². The number of carbonyl (C=O) groups is 3. The second kappa shape index (κ2) is 36.7. The minimum absolute atomic E-state index is 0.182. The van der Waals surface area contributed by atoms with E-state index in [9.17, 15) is 19.5 Å². The Morgan fingerprint density at radius 2 is 1.02 bits per heavy atom. The van der Waals surface area contributed by atoms with Crippen LogP contribution >= 0.6 is 0 Å². The summed E-state index contributed by atoms with van der Waals surface area (Å²) in [5.41, 5.74) is 0. The van der Waals surface area contributed by atoms with Crippen LogP contribution < -0.4 is 0 Å². The van der Waals surface area contributed by atoms with Gasteiger partial charge in [-0.25, -0.2) is 4.79 Å². The number of unbranched alkanes of at least 4 members (excludes halogenated alkanes) is 20. The summed E-state index contributed by atoms with van der Waals surface area (Å²) in [6.45, 7) is 4.76. The van der Waals surface area contributed by atoms with Crippen molar-refractivity contribution in [3.05, 3.63) is 24.3 Å². The molecular weight excluding hydrogens is 670 g/mol. The average molecular weight is 753 g/mol. The fourth-order valence-corrected chi connectivity index (χ4v) is 5.81. The Morgan fingerprint density at radius 3 is 1.49 bits per heavy atom. The van der Waals surface area contributed by atoms with Gasteiger partial charge in [0.05, 0.1) is 34.4 Å². The number of ether oxygens (including phenoxy) is 4. The van der Waals surface area contributed by atoms with E-state index in [4.69, 9.17) is 18.9 Å². The molecule has 2 unspecified atom stereocenters. The highest BCUT2D eigenvalue weighted by Crippen LogP contribution is 2.14. The van der Waals surface area contributed by atoms with Gasteiger partial charge in [-0.2, -0.15) is 0 Å². The number of esters is 2. The third-order valence-corrected chi connectivity index (χ3v) is 9.21. The predicted octanol–water partition coefficient (Wildman–Crippen LogP) is 10.9. The Morgan fingerprint density at radius 1 is 0.566 bits per heavy atom. The monoisotopic (exact) mass is 753 g/mol. The van der Waals surface area contributed by atoms with E-state index in [0.717, 1.165) is 57.8 Å². The molecule has 0 amide bonds. The van der Waals surface area contributed by atoms with Gasteiger partial charge in [0, 0.05) is 12.8 Å². The number of carbonyl (C=O) groups excluding carboxylic acids is 2. The van der Waals surface area contributed by atoms with Crippen LogP contribution in [0.1, 0.15) is 181 Å². The summed E-state index contributed by atoms with van der Waals surface area (Å²) in [4.78, 5) is 36.7. The van der Waals surface area contributed by atoms with Crippen LogP contribution in [0.3, 0.4) is 0 Å². The summed E-state index contributed by atoms with van der Waals surface area (Å²) in [5, 5.41) is 9.57. The zero-order chi connectivity index (χ0) is 39.3. The number of likely N-dealkylation sites (N-methyl/N-ethyl adjacent to an activating group) is 1. The summed E-state index contributed by atoms with van der Waals surface area (Å²) in [7, 11) is 5.94. The van der Waals surface area contributed by atoms with Crippen molar-refractivity contribution in [1.82, 2.24) is 0 Å². The molecule has 0 aromatic heterocycles. The molecule has 9 heteroatoms. The molecule has 1 N–H and O–H groups in total. The van der Waals surface area contributed by atoms with E-state index < -0.39 is 24.3 Å². The van der Waals surface area contributed by atoms with E-state index in [-0.39, 0.29) is 32.2 Å². The number of carboxylic acid groups (broad SMARTS) is 1. The molecule has 53 heavy (non-hydrogen) atoms. The molecule has 0 aliphatic carbocycles. The lowest BCUT2D eigenvalue weighted by Crippen LogP contribution is -2.40. The minimum atomic E-state index is -1.50. The maximum atomic E-state index is 12.7. The van der Waals surface area contributed by atoms with Crippen LogP contribution in [-0.2, 0) is 33.3 Å². The molecule has 0 aromatic carbocycles. The Hall–Kier alpha value is -2.23. The topological polar surface area (TPSA) is 108 Å². The lowest BCUT2D eigenvalue weighted by Gasteiger charge is -2.25. The van der Waals surface area contributed by atoms with Gasteiger partial charge < -0.3 is 28.5 Å². The third-order valence-electron chi connectivity index (χ3n) is 9.21. The molecule has 2 atom stereocenters. The number of nitrogens with zero attached hydrogens (tertiary/aromatic N) is 1. The van der Waals surface area contributed by atoms with Crippen molar-refractivity contribution in [2.75, 3.05) is 47.5 Å². The first kappa shape index (κ1) is 50.8. The van der Waals surface area contributed by atoms with E-state index >= 15 is 0 Å². The highest BCUT2D eigenvalue weighted by Gasteiger charge is 2.25. The summed E-state index contributed by atoms with van der Waals surface area (Å²) in [5.74, 6) is -2.02. The lowest BCUT2D eigenvalue weighted by molar-refractivity contribution is -0.870. The number of allylic oxidation sites excluding steroid dienone is 4. The smallest absolute Gasteiger partial charge is 0.361 e. The summed E-state index contributed by atoms with van der Waals surface area (Å²) >= 11 is 0. The second-order valence-electron chi connectivity index (χ2n) is 15.7. The fraction of sp³-hybridized carbons (Fsp3) is 0.841. The number of carboxylic acids is 1. The van der Waals surface area contributed by atoms with Crippen LogP contribution in [0.2, 0.25) is 0 Å². The maximum Gasteiger partial charge on any atom is 0.361 e. The van der Waals surface area contributed by atoms with Crippen LogP contribution in [0.25, 0.3) is 0 Å². The molecule has 0 bridgehead atoms. The highest BCUT2D eigenvalue weighted by atomic mass is 16.7. The zero-order valence-electron chi connectivity index (χ0n) is 34.9. The van der Waals surface area contributed by atoms with Crippen LogP contribution in [-0.4, -0.2) is 87.4 Å². The van der Waals surface area contributed by atoms with E-state index in [1.807, 2.05) is 21.1 Å². The molecular formula is C44H82NO8+. The lowest BCUT2D eigenvalue weighted by atomic mass is 10.0. The van der Waals surface area contributed by atoms with Gasteiger partial charge in [-0.1, -0.05) is 147 Å². The van der Waals surface area contributed by atoms with Crippen LogP contribution in [0.15, 0.2) is 24.3 Å². The van der Waals surface area contributed by atoms with Gasteiger partial charge in [-0.15, -0.1) is 0 Å². The molecule has 0 rings (SSSR count). The quantitative estimate of drug-likeness (QED) is 0.0217. The van der Waals surface area contributed by atoms with Gasteiger partial charge in [-0.05, 0) is 44.9 Å². The van der Waals surface area contributed by atoms with Gasteiger partial charge in [0.1, 0.15) is 13.2 Å². The van der Waals surface area contributed by atoms with Crippen molar-refractivity contribution in [2.45, 2.75) is 193 Å². The van der Waals surface area contributed by atoms with Gasteiger partial charge in [0.25, 0.3) is 6.29 Å². The molecule has 0 aromatic rings. The van der Waals surface area contributed by atoms with E-state index in [1.54, 1.807) is 0 Å². The first-order chi connectivity index (χ1) is 25.6. The molecule has 310 valence electrons. The van der Waals surface area contributed by atoms with Crippen LogP contribution in [0, 0.1) is 0 Å². The standard InChI is InChI=1S/C44H81NO8/c1-6-8-10-12-13-14-15-16-17-18-19-20-21-22-23-24-25-26-27-28-29-31-33-35-42(47)53-40(38-51-41(46)34-32-30-11-9-7-2)39-52-44(43(48)49)50-37-36-45(3,4)5/h15-16,18-19,40,44H,6-14,17,20-39H2,1-5H3/p+1/b16-15-,19-18-. The van der Waals surface area contributed by atoms with Crippen LogP contribution in [0.5, 0.6) is 0 Å². The summed E-state index contributed by atoms with van der Waals surface area (Å²) < 4.78 is 22.5. The zero-order valence-corrected chi connectivity index (χ0v) is 34.9. The summed E-state index contributed by atoms with van der Waals surface area (Å²) in [6, 6.07) is 0. The van der Waals surface area contributed by atoms with Crippen molar-refractivity contribution in [1.29, 1.82) is 0 Å². The normalized spacial score (nSPS) is 13.2. The number of aliphatic carboxylic acids is 1. The Kier molecular flexibility index (Phi) is 35.2. The van der Waals surface area contributed by atoms with E-state index in [1.165, 1.54) is 96.3 Å². The molecule has 9 nitrogen and oxygen atoms in total. The van der Waals surface area contributed by atoms with Crippen molar-refractivity contribution in [3.8, 4) is 0 Å². The molecule has 0 saturated carbocycles. The first-order valence-corrected chi connectivity index (χ1v) is 21.5. The van der Waals surface area contributed by atoms with Crippen molar-refractivity contribution < 1.29 is 42.9 Å². The highest BCUT2D eigenvalue weighted by molar-refractivity contribution is 5.71. The third kappa shape index (κ3) is 37.9. The molecule has 0 aliphatic rings. The van der Waals surface area contributed by atoms with Gasteiger partial charge in [0.2, 0.25) is 0 Å². The largest absolute Gasteiger partial charge is 0.477 e. The van der Waals surface area contributed by atoms with Crippen molar-refractivity contribution in [3.63, 3.8) is 0 Å². The van der Waals surface area contributed by atoms with Crippen molar-refractivity contribution in [2.24, 2.45) is 0 Å². The fourth-order valence-electron chi connectivity index (χ4n) is 5.81. The average Bonchev–Trinajstić information content (AvgIpc) is 3.11. The van der Waals surface area contributed by atoms with E-state index in [0.29, 0.717) is 17.4 Å². The molecule has 0 radical (unpaired) electrons. The number of hydrogen-bond donors (Lipinski definition) is 1. The summed E-state index contributed by atoms with van der Waals surface area (Å²) in [6.07, 6.45) is 35.7. The molecule has 0 saturated heterocycles. The van der Waals surface area contributed by atoms with Gasteiger partial charge in [-0.3, -0.25) is 9.59 Å². The Labute approximate surface area is 325 Å². The Bertz CT molecular complexity index is 929. The molecule has 0 spiro atoms. The minimum Gasteiger partial charge on any atom is -0.477 e. The molecule has 0 fully saturated rings. The Balaban J connectivity index is 4.18.